The maximum absolute atomic E-state index is 13.7. The number of esters is 2. The summed E-state index contributed by atoms with van der Waals surface area (Å²) < 4.78 is 10.9. The Labute approximate surface area is 225 Å². The van der Waals surface area contributed by atoms with Gasteiger partial charge in [0.15, 0.2) is 0 Å². The zero-order chi connectivity index (χ0) is 27.0. The smallest absolute Gasteiger partial charge is 0.339 e. The van der Waals surface area contributed by atoms with Gasteiger partial charge < -0.3 is 14.4 Å². The summed E-state index contributed by atoms with van der Waals surface area (Å²) in [6, 6.07) is 22.6. The molecule has 0 aliphatic carbocycles. The fraction of sp³-hybridized carbons (Fsp3) is 0.176. The van der Waals surface area contributed by atoms with E-state index in [1.807, 2.05) is 36.4 Å². The molecule has 0 heterocycles. The van der Waals surface area contributed by atoms with Crippen LogP contribution in [0.3, 0.4) is 0 Å². The van der Waals surface area contributed by atoms with Crippen molar-refractivity contribution in [1.29, 1.82) is 0 Å². The number of ether oxygens (including phenoxy) is 2. The summed E-state index contributed by atoms with van der Waals surface area (Å²) in [5.74, 6) is -0.838. The van der Waals surface area contributed by atoms with Gasteiger partial charge in [-0.2, -0.15) is 0 Å². The second-order valence-electron chi connectivity index (χ2n) is 9.98. The second kappa shape index (κ2) is 8.43. The largest absolute Gasteiger partial charge is 0.465 e. The number of nitrogens with zero attached hydrogens (tertiary/aromatic N) is 1. The molecule has 0 aliphatic heterocycles. The Morgan fingerprint density at radius 2 is 1.00 bits per heavy atom. The van der Waals surface area contributed by atoms with Crippen molar-refractivity contribution in [1.82, 2.24) is 0 Å². The Hall–Kier alpha value is -4.64. The van der Waals surface area contributed by atoms with E-state index in [-0.39, 0.29) is 0 Å². The summed E-state index contributed by atoms with van der Waals surface area (Å²) in [7, 11) is 2.83. The summed E-state index contributed by atoms with van der Waals surface area (Å²) >= 11 is 0. The van der Waals surface area contributed by atoms with E-state index in [9.17, 15) is 9.59 Å². The lowest BCUT2D eigenvalue weighted by Crippen LogP contribution is -2.21. The van der Waals surface area contributed by atoms with Crippen molar-refractivity contribution < 1.29 is 19.1 Å². The Bertz CT molecular complexity index is 2000. The number of anilines is 1. The first-order valence-corrected chi connectivity index (χ1v) is 13.3. The van der Waals surface area contributed by atoms with E-state index in [0.29, 0.717) is 11.1 Å². The molecule has 0 atom stereocenters. The fourth-order valence-corrected chi connectivity index (χ4v) is 6.85. The van der Waals surface area contributed by atoms with E-state index >= 15 is 0 Å². The first-order chi connectivity index (χ1) is 19.0. The standard InChI is InChI=1S/C34H27NO4/c1-5-35(6-2)24-17-16-23-26-19(24)12-9-15-22(26)29-30(23)32(34(37)39-4)28-21-14-8-11-18-10-7-13-20(25(18)21)27(28)31(29)33(36)38-3/h7-17H,5-6H2,1-4H3. The zero-order valence-corrected chi connectivity index (χ0v) is 22.3. The van der Waals surface area contributed by atoms with Crippen LogP contribution in [-0.4, -0.2) is 39.2 Å². The third-order valence-electron chi connectivity index (χ3n) is 8.38. The van der Waals surface area contributed by atoms with Crippen LogP contribution in [0.25, 0.3) is 64.6 Å². The van der Waals surface area contributed by atoms with Crippen molar-refractivity contribution >= 4 is 82.3 Å². The molecule has 0 unspecified atom stereocenters. The highest BCUT2D eigenvalue weighted by molar-refractivity contribution is 6.46. The van der Waals surface area contributed by atoms with Crippen LogP contribution < -0.4 is 4.90 Å². The number of hydrogen-bond donors (Lipinski definition) is 0. The van der Waals surface area contributed by atoms with Crippen LogP contribution >= 0.6 is 0 Å². The highest BCUT2D eigenvalue weighted by Crippen LogP contribution is 2.51. The molecule has 0 saturated heterocycles. The Morgan fingerprint density at radius 1 is 0.564 bits per heavy atom. The molecule has 0 aromatic heterocycles. The molecule has 0 spiro atoms. The van der Waals surface area contributed by atoms with Crippen molar-refractivity contribution in [2.75, 3.05) is 32.2 Å². The van der Waals surface area contributed by atoms with Gasteiger partial charge in [-0.15, -0.1) is 0 Å². The van der Waals surface area contributed by atoms with Gasteiger partial charge in [0.25, 0.3) is 0 Å². The van der Waals surface area contributed by atoms with Gasteiger partial charge in [-0.3, -0.25) is 0 Å². The number of hydrogen-bond acceptors (Lipinski definition) is 5. The van der Waals surface area contributed by atoms with E-state index in [1.54, 1.807) is 0 Å². The topological polar surface area (TPSA) is 55.8 Å². The summed E-state index contributed by atoms with van der Waals surface area (Å²) in [6.45, 7) is 6.04. The summed E-state index contributed by atoms with van der Waals surface area (Å²) in [5, 5.41) is 10.9. The molecule has 7 rings (SSSR count). The van der Waals surface area contributed by atoms with Gasteiger partial charge in [-0.1, -0.05) is 60.7 Å². The number of carbonyl (C=O) groups excluding carboxylic acids is 2. The Morgan fingerprint density at radius 3 is 1.49 bits per heavy atom. The monoisotopic (exact) mass is 513 g/mol. The van der Waals surface area contributed by atoms with Crippen LogP contribution in [0.5, 0.6) is 0 Å². The SMILES string of the molecule is CCN(CC)c1ccc2c3c(C(=O)OC)c4c5cccc6cccc(c4c(C(=O)OC)c3c3cccc1c32)c65. The van der Waals surface area contributed by atoms with Crippen molar-refractivity contribution in [2.45, 2.75) is 13.8 Å². The quantitative estimate of drug-likeness (QED) is 0.219. The van der Waals surface area contributed by atoms with Gasteiger partial charge in [0.05, 0.1) is 25.3 Å². The highest BCUT2D eigenvalue weighted by atomic mass is 16.5. The van der Waals surface area contributed by atoms with Crippen molar-refractivity contribution in [3.63, 3.8) is 0 Å². The average Bonchev–Trinajstić information content (AvgIpc) is 3.48. The second-order valence-corrected chi connectivity index (χ2v) is 9.98. The molecule has 5 heteroatoms. The predicted octanol–water partition coefficient (Wildman–Crippen LogP) is 7.90. The van der Waals surface area contributed by atoms with Crippen LogP contribution in [0.1, 0.15) is 34.6 Å². The molecular formula is C34H27NO4. The van der Waals surface area contributed by atoms with E-state index in [4.69, 9.17) is 9.47 Å². The first kappa shape index (κ1) is 23.5. The number of rotatable bonds is 5. The van der Waals surface area contributed by atoms with Gasteiger partial charge >= 0.3 is 11.9 Å². The van der Waals surface area contributed by atoms with Crippen LogP contribution in [0.15, 0.2) is 66.7 Å². The third kappa shape index (κ3) is 2.90. The zero-order valence-electron chi connectivity index (χ0n) is 22.3. The Balaban J connectivity index is 1.85. The predicted molar refractivity (Wildman–Crippen MR) is 160 cm³/mol. The highest BCUT2D eigenvalue weighted by Gasteiger charge is 2.31. The molecule has 0 fully saturated rings. The molecular weight excluding hydrogens is 486 g/mol. The minimum atomic E-state index is -0.419. The number of carbonyl (C=O) groups is 2. The molecule has 39 heavy (non-hydrogen) atoms. The lowest BCUT2D eigenvalue weighted by Gasteiger charge is -2.23. The molecule has 7 aromatic rings. The van der Waals surface area contributed by atoms with Gasteiger partial charge in [0.1, 0.15) is 0 Å². The van der Waals surface area contributed by atoms with Crippen molar-refractivity contribution in [3.05, 3.63) is 77.9 Å². The van der Waals surface area contributed by atoms with Gasteiger partial charge in [-0.05, 0) is 57.6 Å². The maximum atomic E-state index is 13.7. The van der Waals surface area contributed by atoms with Crippen LogP contribution in [0, 0.1) is 0 Å². The molecule has 0 aliphatic rings. The summed E-state index contributed by atoms with van der Waals surface area (Å²) in [6.07, 6.45) is 0. The minimum Gasteiger partial charge on any atom is -0.465 e. The summed E-state index contributed by atoms with van der Waals surface area (Å²) in [4.78, 5) is 29.8. The molecule has 0 amide bonds. The maximum Gasteiger partial charge on any atom is 0.339 e. The van der Waals surface area contributed by atoms with E-state index in [2.05, 4.69) is 49.1 Å². The number of fused-ring (bicyclic) bond motifs is 6. The van der Waals surface area contributed by atoms with Crippen LogP contribution in [0.2, 0.25) is 0 Å². The normalized spacial score (nSPS) is 12.0. The summed E-state index contributed by atoms with van der Waals surface area (Å²) in [5.41, 5.74) is 2.12. The van der Waals surface area contributed by atoms with E-state index < -0.39 is 11.9 Å². The number of benzene rings is 5. The third-order valence-corrected chi connectivity index (χ3v) is 8.38. The number of methoxy groups -OCH3 is 2. The molecule has 7 aromatic carbocycles. The van der Waals surface area contributed by atoms with Crippen LogP contribution in [-0.2, 0) is 9.47 Å². The lowest BCUT2D eigenvalue weighted by atomic mass is 9.93. The van der Waals surface area contributed by atoms with Gasteiger partial charge in [-0.25, -0.2) is 9.59 Å². The van der Waals surface area contributed by atoms with Crippen molar-refractivity contribution in [3.8, 4) is 0 Å². The minimum absolute atomic E-state index is 0.419. The first-order valence-electron chi connectivity index (χ1n) is 13.3. The van der Waals surface area contributed by atoms with Gasteiger partial charge in [0, 0.05) is 45.7 Å². The molecule has 0 bridgehead atoms. The van der Waals surface area contributed by atoms with E-state index in [1.165, 1.54) is 14.2 Å². The van der Waals surface area contributed by atoms with Crippen molar-refractivity contribution in [2.24, 2.45) is 0 Å². The lowest BCUT2D eigenvalue weighted by molar-refractivity contribution is 0.0593. The molecule has 0 saturated carbocycles. The van der Waals surface area contributed by atoms with Gasteiger partial charge in [0.2, 0.25) is 0 Å². The van der Waals surface area contributed by atoms with E-state index in [0.717, 1.165) is 83.4 Å². The molecule has 192 valence electrons. The van der Waals surface area contributed by atoms with Crippen LogP contribution in [0.4, 0.5) is 5.69 Å². The molecule has 0 radical (unpaired) electrons. The molecule has 0 N–H and O–H groups in total. The molecule has 5 nitrogen and oxygen atoms in total. The fourth-order valence-electron chi connectivity index (χ4n) is 6.85. The Kier molecular flexibility index (Phi) is 5.08. The average molecular weight is 514 g/mol.